The van der Waals surface area contributed by atoms with E-state index in [1.807, 2.05) is 24.4 Å². The normalized spacial score (nSPS) is 11.6. The first-order valence-electron chi connectivity index (χ1n) is 14.1. The van der Waals surface area contributed by atoms with Gasteiger partial charge in [-0.1, -0.05) is 43.6 Å². The molecule has 5 nitrogen and oxygen atoms in total. The van der Waals surface area contributed by atoms with E-state index >= 15 is 0 Å². The van der Waals surface area contributed by atoms with Crippen LogP contribution in [0.3, 0.4) is 0 Å². The van der Waals surface area contributed by atoms with Crippen LogP contribution in [0.4, 0.5) is 0 Å². The quantitative estimate of drug-likeness (QED) is 0.160. The Bertz CT molecular complexity index is 2050. The standard InChI is InChI=1S/C36H31N4O.Pt/c1-24(2)26-18-19-37-36(20-26)40-32-13-6-5-12-30(32)31-17-16-29(22-35(31)40)41-28-11-9-10-27(21-28)39-23-38(25(3)4)33-14-7-8-15-34(33)39;/h5-20,23-25H,1-4H3;/q-1;. The Balaban J connectivity index is 0.00000316. The number of rotatable bonds is 6. The number of hydrogen-bond donors (Lipinski definition) is 0. The number of aromatic nitrogens is 4. The number of pyridine rings is 1. The number of fused-ring (bicyclic) bond motifs is 4. The van der Waals surface area contributed by atoms with Crippen LogP contribution in [0.2, 0.25) is 0 Å². The number of ether oxygens (including phenoxy) is 1. The molecule has 0 saturated heterocycles. The predicted molar refractivity (Wildman–Crippen MR) is 166 cm³/mol. The van der Waals surface area contributed by atoms with Gasteiger partial charge < -0.3 is 9.30 Å². The monoisotopic (exact) mass is 730 g/mol. The molecule has 0 amide bonds. The zero-order valence-corrected chi connectivity index (χ0v) is 26.3. The second-order valence-electron chi connectivity index (χ2n) is 11.0. The molecule has 6 heteroatoms. The van der Waals surface area contributed by atoms with Gasteiger partial charge in [0.2, 0.25) is 0 Å². The first-order valence-corrected chi connectivity index (χ1v) is 14.1. The second-order valence-corrected chi connectivity index (χ2v) is 11.0. The summed E-state index contributed by atoms with van der Waals surface area (Å²) in [6.45, 7) is 8.79. The van der Waals surface area contributed by atoms with E-state index in [0.29, 0.717) is 23.5 Å². The van der Waals surface area contributed by atoms with Gasteiger partial charge in [-0.25, -0.2) is 14.1 Å². The molecule has 0 radical (unpaired) electrons. The van der Waals surface area contributed by atoms with Crippen molar-refractivity contribution >= 4 is 32.8 Å². The van der Waals surface area contributed by atoms with E-state index in [4.69, 9.17) is 9.72 Å². The molecule has 0 spiro atoms. The van der Waals surface area contributed by atoms with Gasteiger partial charge in [-0.15, -0.1) is 29.7 Å². The minimum atomic E-state index is 0. The van der Waals surface area contributed by atoms with E-state index in [2.05, 4.69) is 133 Å². The summed E-state index contributed by atoms with van der Waals surface area (Å²) in [6.07, 6.45) is 4.03. The average Bonchev–Trinajstić information content (AvgIpc) is 3.54. The molecule has 0 atom stereocenters. The molecular weight excluding hydrogens is 700 g/mol. The van der Waals surface area contributed by atoms with Crippen molar-refractivity contribution in [3.05, 3.63) is 121 Å². The molecule has 4 aromatic carbocycles. The number of nitrogens with zero attached hydrogens (tertiary/aromatic N) is 4. The topological polar surface area (TPSA) is 36.9 Å². The van der Waals surface area contributed by atoms with Crippen molar-refractivity contribution in [3.8, 4) is 23.0 Å². The van der Waals surface area contributed by atoms with Crippen LogP contribution in [0.25, 0.3) is 44.3 Å². The number of para-hydroxylation sites is 3. The number of benzene rings is 4. The zero-order chi connectivity index (χ0) is 28.1. The Kier molecular flexibility index (Phi) is 7.47. The maximum absolute atomic E-state index is 6.40. The van der Waals surface area contributed by atoms with Gasteiger partial charge in [-0.2, -0.15) is 12.1 Å². The molecule has 0 fully saturated rings. The molecule has 3 aromatic heterocycles. The van der Waals surface area contributed by atoms with E-state index in [0.717, 1.165) is 38.8 Å². The molecular formula is C36H31N4OPt-. The summed E-state index contributed by atoms with van der Waals surface area (Å²) in [5.41, 5.74) is 6.50. The van der Waals surface area contributed by atoms with E-state index in [1.165, 1.54) is 11.1 Å². The molecule has 0 aliphatic heterocycles. The van der Waals surface area contributed by atoms with Crippen LogP contribution in [0.5, 0.6) is 11.5 Å². The third-order valence-electron chi connectivity index (χ3n) is 7.67. The maximum Gasteiger partial charge on any atom is 0.188 e. The van der Waals surface area contributed by atoms with Crippen LogP contribution in [0.15, 0.2) is 104 Å². The van der Waals surface area contributed by atoms with Gasteiger partial charge in [0.1, 0.15) is 5.82 Å². The van der Waals surface area contributed by atoms with Crippen LogP contribution in [-0.4, -0.2) is 18.7 Å². The third-order valence-corrected chi connectivity index (χ3v) is 7.67. The van der Waals surface area contributed by atoms with Crippen LogP contribution >= 0.6 is 0 Å². The number of hydrogen-bond acceptors (Lipinski definition) is 2. The van der Waals surface area contributed by atoms with Crippen LogP contribution in [-0.2, 0) is 21.1 Å². The smallest absolute Gasteiger partial charge is 0.188 e. The molecule has 7 aromatic rings. The van der Waals surface area contributed by atoms with Gasteiger partial charge in [0.05, 0.1) is 6.04 Å². The van der Waals surface area contributed by atoms with Gasteiger partial charge in [0, 0.05) is 62.1 Å². The Labute approximate surface area is 260 Å². The Morgan fingerprint density at radius 2 is 1.48 bits per heavy atom. The summed E-state index contributed by atoms with van der Waals surface area (Å²) >= 11 is 0. The molecule has 0 saturated carbocycles. The average molecular weight is 731 g/mol. The van der Waals surface area contributed by atoms with Crippen molar-refractivity contribution in [2.24, 2.45) is 0 Å². The van der Waals surface area contributed by atoms with Gasteiger partial charge in [-0.05, 0) is 61.0 Å². The summed E-state index contributed by atoms with van der Waals surface area (Å²) < 4.78 is 13.0. The molecule has 212 valence electrons. The van der Waals surface area contributed by atoms with Gasteiger partial charge >= 0.3 is 0 Å². The van der Waals surface area contributed by atoms with Gasteiger partial charge in [0.15, 0.2) is 17.4 Å². The Morgan fingerprint density at radius 3 is 2.26 bits per heavy atom. The zero-order valence-electron chi connectivity index (χ0n) is 24.0. The Morgan fingerprint density at radius 1 is 0.738 bits per heavy atom. The minimum Gasteiger partial charge on any atom is -0.508 e. The molecule has 0 aliphatic rings. The van der Waals surface area contributed by atoms with Gasteiger partial charge in [0.25, 0.3) is 0 Å². The first-order chi connectivity index (χ1) is 20.0. The third kappa shape index (κ3) is 4.82. The molecule has 0 N–H and O–H groups in total. The summed E-state index contributed by atoms with van der Waals surface area (Å²) in [5, 5.41) is 2.27. The van der Waals surface area contributed by atoms with E-state index in [9.17, 15) is 0 Å². The fraction of sp³-hybridized carbons (Fsp3) is 0.167. The second kappa shape index (κ2) is 11.2. The summed E-state index contributed by atoms with van der Waals surface area (Å²) in [6, 6.07) is 38.6. The molecule has 0 bridgehead atoms. The van der Waals surface area contributed by atoms with Crippen molar-refractivity contribution < 1.29 is 25.8 Å². The fourth-order valence-corrected chi connectivity index (χ4v) is 5.58. The molecule has 7 rings (SSSR count). The molecule has 0 unspecified atom stereocenters. The van der Waals surface area contributed by atoms with Crippen molar-refractivity contribution in [2.45, 2.75) is 39.7 Å². The van der Waals surface area contributed by atoms with Crippen LogP contribution in [0, 0.1) is 12.1 Å². The van der Waals surface area contributed by atoms with E-state index in [1.54, 1.807) is 0 Å². The summed E-state index contributed by atoms with van der Waals surface area (Å²) in [4.78, 5) is 4.75. The molecule has 0 aliphatic carbocycles. The van der Waals surface area contributed by atoms with Crippen molar-refractivity contribution in [1.29, 1.82) is 0 Å². The van der Waals surface area contributed by atoms with Crippen LogP contribution in [0.1, 0.15) is 45.2 Å². The first kappa shape index (κ1) is 27.9. The molecule has 42 heavy (non-hydrogen) atoms. The molecule has 3 heterocycles. The van der Waals surface area contributed by atoms with E-state index < -0.39 is 0 Å². The number of imidazole rings is 1. The maximum atomic E-state index is 6.40. The minimum absolute atomic E-state index is 0. The summed E-state index contributed by atoms with van der Waals surface area (Å²) in [7, 11) is 0. The summed E-state index contributed by atoms with van der Waals surface area (Å²) in [5.74, 6) is 2.55. The fourth-order valence-electron chi connectivity index (χ4n) is 5.58. The SMILES string of the molecule is CC(C)c1ccnc(-n2c3[c-]c(Oc4[c-]c(-n5[cH+]n(C(C)C)c6ccccc65)ccc4)ccc3c3ccccc32)c1.[Pt]. The van der Waals surface area contributed by atoms with Crippen molar-refractivity contribution in [2.75, 3.05) is 0 Å². The Hall–Kier alpha value is -4.21. The van der Waals surface area contributed by atoms with Crippen molar-refractivity contribution in [3.63, 3.8) is 0 Å². The van der Waals surface area contributed by atoms with Gasteiger partial charge in [-0.3, -0.25) is 0 Å². The van der Waals surface area contributed by atoms with E-state index in [-0.39, 0.29) is 21.1 Å². The van der Waals surface area contributed by atoms with Crippen LogP contribution < -0.4 is 4.74 Å². The van der Waals surface area contributed by atoms with Crippen molar-refractivity contribution in [1.82, 2.24) is 18.7 Å². The predicted octanol–water partition coefficient (Wildman–Crippen LogP) is 9.30. The largest absolute Gasteiger partial charge is 0.508 e.